The number of benzene rings is 1. The van der Waals surface area contributed by atoms with Crippen LogP contribution in [0.1, 0.15) is 0 Å². The summed E-state index contributed by atoms with van der Waals surface area (Å²) in [5.74, 6) is -1.61. The molecule has 1 aliphatic heterocycles. The SMILES string of the molecule is O=c1[nH]cnc2c(-c3ccc(F)c(Cl)c3F)nc(N3CCOCC3)nc12. The molecule has 2 aromatic heterocycles. The summed E-state index contributed by atoms with van der Waals surface area (Å²) in [5.41, 5.74) is -0.355. The highest BCUT2D eigenvalue weighted by atomic mass is 35.5. The lowest BCUT2D eigenvalue weighted by Crippen LogP contribution is -2.37. The van der Waals surface area contributed by atoms with Gasteiger partial charge in [0, 0.05) is 18.7 Å². The summed E-state index contributed by atoms with van der Waals surface area (Å²) in [5, 5.41) is -0.646. The van der Waals surface area contributed by atoms with Crippen molar-refractivity contribution in [1.29, 1.82) is 0 Å². The van der Waals surface area contributed by atoms with Crippen molar-refractivity contribution in [3.8, 4) is 11.3 Å². The van der Waals surface area contributed by atoms with E-state index < -0.39 is 22.2 Å². The van der Waals surface area contributed by atoms with Gasteiger partial charge in [-0.3, -0.25) is 4.79 Å². The fraction of sp³-hybridized carbons (Fsp3) is 0.250. The summed E-state index contributed by atoms with van der Waals surface area (Å²) in [6, 6.07) is 2.25. The van der Waals surface area contributed by atoms with Gasteiger partial charge in [0.05, 0.1) is 19.5 Å². The number of hydrogen-bond donors (Lipinski definition) is 1. The Kier molecular flexibility index (Phi) is 4.25. The molecule has 4 rings (SSSR count). The van der Waals surface area contributed by atoms with Crippen LogP contribution in [0.4, 0.5) is 14.7 Å². The molecule has 3 aromatic rings. The van der Waals surface area contributed by atoms with Gasteiger partial charge >= 0.3 is 0 Å². The van der Waals surface area contributed by atoms with E-state index in [1.165, 1.54) is 12.4 Å². The first-order chi connectivity index (χ1) is 12.6. The Balaban J connectivity index is 2.00. The Hall–Kier alpha value is -2.65. The highest BCUT2D eigenvalue weighted by Crippen LogP contribution is 2.32. The van der Waals surface area contributed by atoms with Gasteiger partial charge in [0.25, 0.3) is 5.56 Å². The van der Waals surface area contributed by atoms with Gasteiger partial charge in [-0.15, -0.1) is 0 Å². The van der Waals surface area contributed by atoms with E-state index in [1.807, 2.05) is 4.90 Å². The van der Waals surface area contributed by atoms with E-state index in [4.69, 9.17) is 16.3 Å². The third-order valence-corrected chi connectivity index (χ3v) is 4.41. The summed E-state index contributed by atoms with van der Waals surface area (Å²) >= 11 is 5.69. The number of aromatic amines is 1. The van der Waals surface area contributed by atoms with Crippen LogP contribution in [0.2, 0.25) is 5.02 Å². The topological polar surface area (TPSA) is 84.0 Å². The normalized spacial score (nSPS) is 14.8. The molecule has 1 aliphatic rings. The van der Waals surface area contributed by atoms with Crippen molar-refractivity contribution in [1.82, 2.24) is 19.9 Å². The number of ether oxygens (including phenoxy) is 1. The van der Waals surface area contributed by atoms with E-state index in [9.17, 15) is 13.6 Å². The summed E-state index contributed by atoms with van der Waals surface area (Å²) in [6.45, 7) is 2.01. The minimum atomic E-state index is -0.971. The average Bonchev–Trinajstić information content (AvgIpc) is 2.67. The van der Waals surface area contributed by atoms with E-state index in [0.717, 1.165) is 6.07 Å². The first kappa shape index (κ1) is 16.8. The van der Waals surface area contributed by atoms with E-state index in [0.29, 0.717) is 26.3 Å². The average molecular weight is 380 g/mol. The van der Waals surface area contributed by atoms with Gasteiger partial charge in [-0.25, -0.2) is 23.7 Å². The molecule has 0 aliphatic carbocycles. The molecule has 134 valence electrons. The van der Waals surface area contributed by atoms with Gasteiger partial charge in [-0.1, -0.05) is 11.6 Å². The Morgan fingerprint density at radius 1 is 1.15 bits per heavy atom. The molecule has 0 bridgehead atoms. The second-order valence-corrected chi connectivity index (χ2v) is 6.00. The minimum absolute atomic E-state index is 0.0128. The van der Waals surface area contributed by atoms with Crippen LogP contribution in [0.3, 0.4) is 0 Å². The number of H-pyrrole nitrogens is 1. The van der Waals surface area contributed by atoms with Gasteiger partial charge in [-0.2, -0.15) is 0 Å². The predicted octanol–water partition coefficient (Wildman–Crippen LogP) is 2.15. The van der Waals surface area contributed by atoms with E-state index in [-0.39, 0.29) is 28.2 Å². The van der Waals surface area contributed by atoms with Crippen LogP contribution < -0.4 is 10.5 Å². The maximum Gasteiger partial charge on any atom is 0.277 e. The Morgan fingerprint density at radius 3 is 2.69 bits per heavy atom. The lowest BCUT2D eigenvalue weighted by atomic mass is 10.1. The number of aromatic nitrogens is 4. The first-order valence-corrected chi connectivity index (χ1v) is 8.16. The molecule has 7 nitrogen and oxygen atoms in total. The highest BCUT2D eigenvalue weighted by Gasteiger charge is 2.22. The molecule has 1 saturated heterocycles. The molecular formula is C16H12ClF2N5O2. The lowest BCUT2D eigenvalue weighted by Gasteiger charge is -2.27. The van der Waals surface area contributed by atoms with Crippen LogP contribution in [-0.2, 0) is 4.74 Å². The number of hydrogen-bond acceptors (Lipinski definition) is 6. The van der Waals surface area contributed by atoms with Gasteiger partial charge in [0.1, 0.15) is 22.1 Å². The summed E-state index contributed by atoms with van der Waals surface area (Å²) < 4.78 is 33.4. The number of nitrogens with zero attached hydrogens (tertiary/aromatic N) is 4. The van der Waals surface area contributed by atoms with Crippen molar-refractivity contribution in [2.45, 2.75) is 0 Å². The van der Waals surface area contributed by atoms with Crippen LogP contribution in [0.15, 0.2) is 23.3 Å². The molecule has 0 spiro atoms. The number of halogens is 3. The molecule has 26 heavy (non-hydrogen) atoms. The van der Waals surface area contributed by atoms with Crippen LogP contribution in [0.5, 0.6) is 0 Å². The molecule has 1 N–H and O–H groups in total. The molecule has 3 heterocycles. The fourth-order valence-electron chi connectivity index (χ4n) is 2.75. The van der Waals surface area contributed by atoms with E-state index >= 15 is 0 Å². The van der Waals surface area contributed by atoms with Gasteiger partial charge in [0.2, 0.25) is 5.95 Å². The molecule has 1 aromatic carbocycles. The predicted molar refractivity (Wildman–Crippen MR) is 91.3 cm³/mol. The summed E-state index contributed by atoms with van der Waals surface area (Å²) in [7, 11) is 0. The van der Waals surface area contributed by atoms with Crippen LogP contribution in [-0.4, -0.2) is 46.2 Å². The Bertz CT molecular complexity index is 1050. The molecular weight excluding hydrogens is 368 g/mol. The highest BCUT2D eigenvalue weighted by molar-refractivity contribution is 6.31. The quantitative estimate of drug-likeness (QED) is 0.687. The van der Waals surface area contributed by atoms with Crippen molar-refractivity contribution >= 4 is 28.6 Å². The smallest absolute Gasteiger partial charge is 0.277 e. The van der Waals surface area contributed by atoms with Crippen molar-refractivity contribution in [3.05, 3.63) is 45.5 Å². The molecule has 0 radical (unpaired) electrons. The minimum Gasteiger partial charge on any atom is -0.378 e. The molecule has 0 unspecified atom stereocenters. The van der Waals surface area contributed by atoms with Crippen LogP contribution in [0.25, 0.3) is 22.3 Å². The van der Waals surface area contributed by atoms with Crippen molar-refractivity contribution < 1.29 is 13.5 Å². The fourth-order valence-corrected chi connectivity index (χ4v) is 2.91. The second-order valence-electron chi connectivity index (χ2n) is 5.62. The van der Waals surface area contributed by atoms with Gasteiger partial charge < -0.3 is 14.6 Å². The molecule has 0 atom stereocenters. The zero-order valence-corrected chi connectivity index (χ0v) is 14.1. The molecule has 10 heteroatoms. The summed E-state index contributed by atoms with van der Waals surface area (Å²) in [4.78, 5) is 29.2. The lowest BCUT2D eigenvalue weighted by molar-refractivity contribution is 0.122. The first-order valence-electron chi connectivity index (χ1n) is 7.78. The number of morpholine rings is 1. The standard InChI is InChI=1S/C16H12ClF2N5O2/c17-10-9(18)2-1-8(11(10)19)12-13-14(15(25)21-7-20-13)23-16(22-12)24-3-5-26-6-4-24/h1-2,7H,3-6H2,(H,20,21,25). The maximum absolute atomic E-state index is 14.6. The third kappa shape index (κ3) is 2.78. The Labute approximate surface area is 150 Å². The molecule has 0 saturated carbocycles. The van der Waals surface area contributed by atoms with E-state index in [1.54, 1.807) is 0 Å². The monoisotopic (exact) mass is 379 g/mol. The van der Waals surface area contributed by atoms with Crippen molar-refractivity contribution in [2.24, 2.45) is 0 Å². The van der Waals surface area contributed by atoms with Crippen molar-refractivity contribution in [3.63, 3.8) is 0 Å². The van der Waals surface area contributed by atoms with Gasteiger partial charge in [0.15, 0.2) is 11.3 Å². The number of rotatable bonds is 2. The largest absolute Gasteiger partial charge is 0.378 e. The third-order valence-electron chi connectivity index (χ3n) is 4.06. The van der Waals surface area contributed by atoms with Crippen LogP contribution in [0, 0.1) is 11.6 Å². The Morgan fingerprint density at radius 2 is 1.92 bits per heavy atom. The maximum atomic E-state index is 14.6. The van der Waals surface area contributed by atoms with Crippen LogP contribution >= 0.6 is 11.6 Å². The molecule has 0 amide bonds. The zero-order chi connectivity index (χ0) is 18.3. The number of anilines is 1. The number of fused-ring (bicyclic) bond motifs is 1. The van der Waals surface area contributed by atoms with E-state index in [2.05, 4.69) is 19.9 Å². The summed E-state index contributed by atoms with van der Waals surface area (Å²) in [6.07, 6.45) is 1.18. The van der Waals surface area contributed by atoms with Gasteiger partial charge in [-0.05, 0) is 12.1 Å². The second kappa shape index (κ2) is 6.58. The van der Waals surface area contributed by atoms with Crippen molar-refractivity contribution in [2.75, 3.05) is 31.2 Å². The zero-order valence-electron chi connectivity index (χ0n) is 13.3. The number of nitrogens with one attached hydrogen (secondary N) is 1. The molecule has 1 fully saturated rings.